The minimum absolute atomic E-state index is 0.156. The Balaban J connectivity index is 1.47. The maximum absolute atomic E-state index is 12.9. The Kier molecular flexibility index (Phi) is 4.92. The van der Waals surface area contributed by atoms with Crippen LogP contribution in [-0.4, -0.2) is 34.7 Å². The van der Waals surface area contributed by atoms with Gasteiger partial charge in [0.05, 0.1) is 0 Å². The standard InChI is InChI=1S/C22H24N2O3/c25-20(12-15-6-2-1-3-7-15)17-9-5-11-24(14-17)22(27)18-13-16-8-4-10-19(16)23-21(18)26/h1-3,6-7,13,17H,4-5,8-12,14H2,(H,23,26)/t17-/m1/s1. The maximum atomic E-state index is 12.9. The second kappa shape index (κ2) is 7.51. The Morgan fingerprint density at radius 2 is 1.93 bits per heavy atom. The first-order chi connectivity index (χ1) is 13.1. The van der Waals surface area contributed by atoms with E-state index in [1.807, 2.05) is 30.3 Å². The molecule has 1 aliphatic carbocycles. The quantitative estimate of drug-likeness (QED) is 0.906. The molecule has 4 rings (SSSR count). The molecule has 2 aliphatic rings. The van der Waals surface area contributed by atoms with Gasteiger partial charge in [-0.1, -0.05) is 30.3 Å². The van der Waals surface area contributed by atoms with E-state index in [4.69, 9.17) is 0 Å². The highest BCUT2D eigenvalue weighted by atomic mass is 16.2. The van der Waals surface area contributed by atoms with Crippen molar-refractivity contribution >= 4 is 11.7 Å². The minimum atomic E-state index is -0.307. The fourth-order valence-electron chi connectivity index (χ4n) is 4.21. The molecule has 1 aromatic carbocycles. The monoisotopic (exact) mass is 364 g/mol. The fourth-order valence-corrected chi connectivity index (χ4v) is 4.21. The van der Waals surface area contributed by atoms with E-state index in [-0.39, 0.29) is 28.7 Å². The summed E-state index contributed by atoms with van der Waals surface area (Å²) in [6.07, 6.45) is 4.79. The highest BCUT2D eigenvalue weighted by Gasteiger charge is 2.30. The molecule has 0 spiro atoms. The van der Waals surface area contributed by atoms with Crippen LogP contribution in [0.4, 0.5) is 0 Å². The first-order valence-electron chi connectivity index (χ1n) is 9.73. The number of aromatic nitrogens is 1. The van der Waals surface area contributed by atoms with Gasteiger partial charge in [0.2, 0.25) is 0 Å². The second-order valence-corrected chi connectivity index (χ2v) is 7.59. The van der Waals surface area contributed by atoms with E-state index in [0.717, 1.165) is 48.9 Å². The summed E-state index contributed by atoms with van der Waals surface area (Å²) >= 11 is 0. The highest BCUT2D eigenvalue weighted by Crippen LogP contribution is 2.23. The number of likely N-dealkylation sites (tertiary alicyclic amines) is 1. The van der Waals surface area contributed by atoms with Gasteiger partial charge in [0.1, 0.15) is 11.3 Å². The number of Topliss-reactive ketones (excluding diaryl/α,β-unsaturated/α-hetero) is 1. The molecule has 27 heavy (non-hydrogen) atoms. The average molecular weight is 364 g/mol. The summed E-state index contributed by atoms with van der Waals surface area (Å²) in [6.45, 7) is 1.01. The molecule has 1 amide bonds. The zero-order valence-electron chi connectivity index (χ0n) is 15.4. The van der Waals surface area contributed by atoms with Crippen LogP contribution in [0.3, 0.4) is 0 Å². The van der Waals surface area contributed by atoms with Crippen molar-refractivity contribution in [2.75, 3.05) is 13.1 Å². The first kappa shape index (κ1) is 17.7. The smallest absolute Gasteiger partial charge is 0.261 e. The summed E-state index contributed by atoms with van der Waals surface area (Å²) in [4.78, 5) is 42.5. The molecule has 2 aromatic rings. The minimum Gasteiger partial charge on any atom is -0.338 e. The molecule has 1 N–H and O–H groups in total. The predicted octanol–water partition coefficient (Wildman–Crippen LogP) is 2.53. The van der Waals surface area contributed by atoms with Gasteiger partial charge in [-0.25, -0.2) is 0 Å². The van der Waals surface area contributed by atoms with E-state index in [2.05, 4.69) is 4.98 Å². The molecule has 5 heteroatoms. The number of ketones is 1. The third-order valence-corrected chi connectivity index (χ3v) is 5.70. The number of amides is 1. The molecule has 1 atom stereocenters. The zero-order chi connectivity index (χ0) is 18.8. The molecule has 1 fully saturated rings. The van der Waals surface area contributed by atoms with E-state index in [1.54, 1.807) is 11.0 Å². The van der Waals surface area contributed by atoms with E-state index < -0.39 is 0 Å². The van der Waals surface area contributed by atoms with Gasteiger partial charge < -0.3 is 9.88 Å². The Labute approximate surface area is 158 Å². The Morgan fingerprint density at radius 3 is 2.74 bits per heavy atom. The molecule has 0 bridgehead atoms. The van der Waals surface area contributed by atoms with Crippen LogP contribution in [-0.2, 0) is 24.1 Å². The third-order valence-electron chi connectivity index (χ3n) is 5.70. The summed E-state index contributed by atoms with van der Waals surface area (Å²) in [6, 6.07) is 11.5. The topological polar surface area (TPSA) is 70.2 Å². The van der Waals surface area contributed by atoms with E-state index in [1.165, 1.54) is 0 Å². The van der Waals surface area contributed by atoms with Crippen LogP contribution in [0.25, 0.3) is 0 Å². The summed E-state index contributed by atoms with van der Waals surface area (Å²) in [7, 11) is 0. The van der Waals surface area contributed by atoms with Crippen LogP contribution < -0.4 is 5.56 Å². The number of carbonyl (C=O) groups excluding carboxylic acids is 2. The van der Waals surface area contributed by atoms with E-state index in [0.29, 0.717) is 19.5 Å². The number of nitrogens with zero attached hydrogens (tertiary/aromatic N) is 1. The summed E-state index contributed by atoms with van der Waals surface area (Å²) < 4.78 is 0. The Morgan fingerprint density at radius 1 is 1.11 bits per heavy atom. The lowest BCUT2D eigenvalue weighted by atomic mass is 9.90. The number of aryl methyl sites for hydroxylation is 2. The number of benzene rings is 1. The fraction of sp³-hybridized carbons (Fsp3) is 0.409. The molecular weight excluding hydrogens is 340 g/mol. The number of rotatable bonds is 4. The number of piperidine rings is 1. The SMILES string of the molecule is O=C(Cc1ccccc1)[C@@H]1CCCN(C(=O)c2cc3c([nH]c2=O)CCC3)C1. The predicted molar refractivity (Wildman–Crippen MR) is 103 cm³/mol. The molecule has 0 radical (unpaired) electrons. The van der Waals surface area contributed by atoms with Crippen molar-refractivity contribution in [2.24, 2.45) is 5.92 Å². The van der Waals surface area contributed by atoms with Gasteiger partial charge in [-0.2, -0.15) is 0 Å². The highest BCUT2D eigenvalue weighted by molar-refractivity contribution is 5.94. The number of fused-ring (bicyclic) bond motifs is 1. The molecule has 140 valence electrons. The van der Waals surface area contributed by atoms with Crippen molar-refractivity contribution in [1.82, 2.24) is 9.88 Å². The lowest BCUT2D eigenvalue weighted by molar-refractivity contribution is -0.123. The number of H-pyrrole nitrogens is 1. The number of pyridine rings is 1. The van der Waals surface area contributed by atoms with Crippen molar-refractivity contribution in [1.29, 1.82) is 0 Å². The van der Waals surface area contributed by atoms with E-state index in [9.17, 15) is 14.4 Å². The molecule has 0 unspecified atom stereocenters. The normalized spacial score (nSPS) is 19.0. The van der Waals surface area contributed by atoms with Gasteiger partial charge in [-0.3, -0.25) is 14.4 Å². The molecular formula is C22H24N2O3. The van der Waals surface area contributed by atoms with Gasteiger partial charge in [0.25, 0.3) is 11.5 Å². The lowest BCUT2D eigenvalue weighted by Gasteiger charge is -2.32. The summed E-state index contributed by atoms with van der Waals surface area (Å²) in [5.41, 5.74) is 2.95. The molecule has 5 nitrogen and oxygen atoms in total. The van der Waals surface area contributed by atoms with Crippen molar-refractivity contribution in [3.63, 3.8) is 0 Å². The van der Waals surface area contributed by atoms with Crippen LogP contribution in [0, 0.1) is 5.92 Å². The number of hydrogen-bond donors (Lipinski definition) is 1. The Hall–Kier alpha value is -2.69. The largest absolute Gasteiger partial charge is 0.338 e. The van der Waals surface area contributed by atoms with Crippen molar-refractivity contribution in [3.05, 3.63) is 69.1 Å². The van der Waals surface area contributed by atoms with Gasteiger partial charge in [-0.05, 0) is 49.3 Å². The summed E-state index contributed by atoms with van der Waals surface area (Å²) in [5.74, 6) is -0.235. The molecule has 2 heterocycles. The average Bonchev–Trinajstić information content (AvgIpc) is 3.15. The van der Waals surface area contributed by atoms with Gasteiger partial charge in [0, 0.05) is 31.1 Å². The maximum Gasteiger partial charge on any atom is 0.261 e. The van der Waals surface area contributed by atoms with Gasteiger partial charge in [0.15, 0.2) is 0 Å². The Bertz CT molecular complexity index is 917. The number of aromatic amines is 1. The first-order valence-corrected chi connectivity index (χ1v) is 9.73. The van der Waals surface area contributed by atoms with Gasteiger partial charge >= 0.3 is 0 Å². The molecule has 1 aliphatic heterocycles. The van der Waals surface area contributed by atoms with Crippen LogP contribution in [0.15, 0.2) is 41.2 Å². The van der Waals surface area contributed by atoms with Crippen molar-refractivity contribution in [2.45, 2.75) is 38.5 Å². The third kappa shape index (κ3) is 3.72. The van der Waals surface area contributed by atoms with Crippen LogP contribution in [0.5, 0.6) is 0 Å². The number of carbonyl (C=O) groups is 2. The number of hydrogen-bond acceptors (Lipinski definition) is 3. The zero-order valence-corrected chi connectivity index (χ0v) is 15.4. The van der Waals surface area contributed by atoms with Crippen molar-refractivity contribution in [3.8, 4) is 0 Å². The molecule has 1 aromatic heterocycles. The number of nitrogens with one attached hydrogen (secondary N) is 1. The van der Waals surface area contributed by atoms with Crippen LogP contribution in [0.2, 0.25) is 0 Å². The van der Waals surface area contributed by atoms with Crippen LogP contribution in [0.1, 0.15) is 46.4 Å². The second-order valence-electron chi connectivity index (χ2n) is 7.59. The summed E-state index contributed by atoms with van der Waals surface area (Å²) in [5, 5.41) is 0. The molecule has 0 saturated carbocycles. The van der Waals surface area contributed by atoms with E-state index >= 15 is 0 Å². The van der Waals surface area contributed by atoms with Crippen molar-refractivity contribution < 1.29 is 9.59 Å². The molecule has 1 saturated heterocycles. The van der Waals surface area contributed by atoms with Crippen LogP contribution >= 0.6 is 0 Å². The van der Waals surface area contributed by atoms with Gasteiger partial charge in [-0.15, -0.1) is 0 Å². The lowest BCUT2D eigenvalue weighted by Crippen LogP contribution is -2.44.